The van der Waals surface area contributed by atoms with Gasteiger partial charge in [-0.15, -0.1) is 0 Å². The Bertz CT molecular complexity index is 877. The van der Waals surface area contributed by atoms with Crippen LogP contribution in [0.15, 0.2) is 59.2 Å². The predicted molar refractivity (Wildman–Crippen MR) is 100 cm³/mol. The number of oxazole rings is 1. The van der Waals surface area contributed by atoms with Gasteiger partial charge in [0.15, 0.2) is 5.78 Å². The van der Waals surface area contributed by atoms with E-state index in [0.717, 1.165) is 17.0 Å². The number of thioether (sulfide) groups is 1. The summed E-state index contributed by atoms with van der Waals surface area (Å²) < 4.78 is 24.1. The van der Waals surface area contributed by atoms with Crippen LogP contribution in [-0.2, 0) is 5.75 Å². The Labute approximate surface area is 155 Å². The van der Waals surface area contributed by atoms with Crippen molar-refractivity contribution >= 4 is 17.5 Å². The van der Waals surface area contributed by atoms with Gasteiger partial charge in [-0.25, -0.2) is 9.37 Å². The molecule has 0 saturated heterocycles. The Morgan fingerprint density at radius 1 is 1.19 bits per heavy atom. The van der Waals surface area contributed by atoms with Crippen molar-refractivity contribution in [3.8, 4) is 17.2 Å². The summed E-state index contributed by atoms with van der Waals surface area (Å²) in [6, 6.07) is 13.3. The Morgan fingerprint density at radius 3 is 2.73 bits per heavy atom. The van der Waals surface area contributed by atoms with E-state index in [2.05, 4.69) is 4.98 Å². The molecule has 0 bridgehead atoms. The number of hydrogen-bond acceptors (Lipinski definition) is 5. The van der Waals surface area contributed by atoms with E-state index in [1.54, 1.807) is 42.3 Å². The van der Waals surface area contributed by atoms with Crippen molar-refractivity contribution in [3.05, 3.63) is 71.9 Å². The normalized spacial score (nSPS) is 10.7. The molecular weight excluding hydrogens is 353 g/mol. The van der Waals surface area contributed by atoms with Crippen LogP contribution in [0.25, 0.3) is 11.5 Å². The highest BCUT2D eigenvalue weighted by atomic mass is 32.2. The first kappa shape index (κ1) is 18.2. The second-order valence-electron chi connectivity index (χ2n) is 5.60. The van der Waals surface area contributed by atoms with Gasteiger partial charge in [-0.05, 0) is 43.3 Å². The predicted octanol–water partition coefficient (Wildman–Crippen LogP) is 5.00. The zero-order valence-electron chi connectivity index (χ0n) is 14.3. The first-order valence-electron chi connectivity index (χ1n) is 8.14. The SMILES string of the molecule is CC(=O)c1ccccc1OCCSCc1coc(-c2ccc(F)cc2)n1. The topological polar surface area (TPSA) is 52.3 Å². The molecule has 0 radical (unpaired) electrons. The highest BCUT2D eigenvalue weighted by molar-refractivity contribution is 7.98. The molecule has 0 atom stereocenters. The lowest BCUT2D eigenvalue weighted by molar-refractivity contribution is 0.101. The molecule has 0 saturated carbocycles. The number of aromatic nitrogens is 1. The van der Waals surface area contributed by atoms with Gasteiger partial charge in [0.25, 0.3) is 0 Å². The molecule has 1 aromatic heterocycles. The summed E-state index contributed by atoms with van der Waals surface area (Å²) in [5.41, 5.74) is 2.16. The molecule has 0 aliphatic heterocycles. The fourth-order valence-corrected chi connectivity index (χ4v) is 3.06. The van der Waals surface area contributed by atoms with E-state index in [4.69, 9.17) is 9.15 Å². The van der Waals surface area contributed by atoms with E-state index in [1.807, 2.05) is 12.1 Å². The molecule has 1 heterocycles. The first-order chi connectivity index (χ1) is 12.6. The number of rotatable bonds is 8. The monoisotopic (exact) mass is 371 g/mol. The van der Waals surface area contributed by atoms with E-state index in [9.17, 15) is 9.18 Å². The van der Waals surface area contributed by atoms with Gasteiger partial charge in [0.05, 0.1) is 17.9 Å². The van der Waals surface area contributed by atoms with Crippen LogP contribution in [0.2, 0.25) is 0 Å². The molecule has 3 aromatic rings. The minimum absolute atomic E-state index is 0.0100. The van der Waals surface area contributed by atoms with Gasteiger partial charge in [-0.2, -0.15) is 11.8 Å². The summed E-state index contributed by atoms with van der Waals surface area (Å²) in [7, 11) is 0. The number of carbonyl (C=O) groups is 1. The number of para-hydroxylation sites is 1. The largest absolute Gasteiger partial charge is 0.492 e. The highest BCUT2D eigenvalue weighted by Crippen LogP contribution is 2.22. The Kier molecular flexibility index (Phi) is 6.07. The van der Waals surface area contributed by atoms with E-state index in [-0.39, 0.29) is 11.6 Å². The van der Waals surface area contributed by atoms with Crippen LogP contribution in [0.5, 0.6) is 5.75 Å². The number of benzene rings is 2. The second-order valence-corrected chi connectivity index (χ2v) is 6.71. The molecule has 0 fully saturated rings. The van der Waals surface area contributed by atoms with Crippen molar-refractivity contribution < 1.29 is 18.3 Å². The number of halogens is 1. The van der Waals surface area contributed by atoms with Crippen LogP contribution in [0.4, 0.5) is 4.39 Å². The lowest BCUT2D eigenvalue weighted by Crippen LogP contribution is -2.04. The Balaban J connectivity index is 1.46. The zero-order chi connectivity index (χ0) is 18.4. The van der Waals surface area contributed by atoms with Crippen molar-refractivity contribution in [2.75, 3.05) is 12.4 Å². The third-order valence-electron chi connectivity index (χ3n) is 3.64. The van der Waals surface area contributed by atoms with E-state index in [0.29, 0.717) is 29.6 Å². The first-order valence-corrected chi connectivity index (χ1v) is 9.30. The summed E-state index contributed by atoms with van der Waals surface area (Å²) in [6.07, 6.45) is 1.61. The minimum Gasteiger partial charge on any atom is -0.492 e. The number of ketones is 1. The van der Waals surface area contributed by atoms with Gasteiger partial charge in [0.2, 0.25) is 5.89 Å². The van der Waals surface area contributed by atoms with Crippen LogP contribution in [-0.4, -0.2) is 23.1 Å². The third-order valence-corrected chi connectivity index (χ3v) is 4.60. The molecule has 0 N–H and O–H groups in total. The molecule has 6 heteroatoms. The quantitative estimate of drug-likeness (QED) is 0.412. The lowest BCUT2D eigenvalue weighted by atomic mass is 10.1. The maximum Gasteiger partial charge on any atom is 0.226 e. The smallest absolute Gasteiger partial charge is 0.226 e. The average Bonchev–Trinajstić information content (AvgIpc) is 3.11. The van der Waals surface area contributed by atoms with Gasteiger partial charge in [-0.1, -0.05) is 12.1 Å². The number of nitrogens with zero attached hydrogens (tertiary/aromatic N) is 1. The van der Waals surface area contributed by atoms with Crippen LogP contribution in [0, 0.1) is 5.82 Å². The molecule has 0 aliphatic rings. The number of hydrogen-bond donors (Lipinski definition) is 0. The van der Waals surface area contributed by atoms with Crippen molar-refractivity contribution in [1.82, 2.24) is 4.98 Å². The average molecular weight is 371 g/mol. The number of carbonyl (C=O) groups excluding carboxylic acids is 1. The minimum atomic E-state index is -0.289. The second kappa shape index (κ2) is 8.67. The Hall–Kier alpha value is -2.60. The molecule has 0 spiro atoms. The summed E-state index contributed by atoms with van der Waals surface area (Å²) in [4.78, 5) is 16.0. The van der Waals surface area contributed by atoms with Crippen LogP contribution in [0.3, 0.4) is 0 Å². The van der Waals surface area contributed by atoms with E-state index in [1.165, 1.54) is 19.1 Å². The molecule has 26 heavy (non-hydrogen) atoms. The summed E-state index contributed by atoms with van der Waals surface area (Å²) >= 11 is 1.66. The zero-order valence-corrected chi connectivity index (χ0v) is 15.1. The highest BCUT2D eigenvalue weighted by Gasteiger charge is 2.08. The lowest BCUT2D eigenvalue weighted by Gasteiger charge is -2.08. The molecule has 4 nitrogen and oxygen atoms in total. The maximum atomic E-state index is 13.0. The molecular formula is C20H18FNO3S. The maximum absolute atomic E-state index is 13.0. The number of Topliss-reactive ketones (excluding diaryl/α,β-unsaturated/α-hetero) is 1. The van der Waals surface area contributed by atoms with E-state index < -0.39 is 0 Å². The van der Waals surface area contributed by atoms with Crippen LogP contribution in [0.1, 0.15) is 23.0 Å². The van der Waals surface area contributed by atoms with Crippen LogP contribution < -0.4 is 4.74 Å². The molecule has 2 aromatic carbocycles. The number of ether oxygens (including phenoxy) is 1. The van der Waals surface area contributed by atoms with Gasteiger partial charge in [-0.3, -0.25) is 4.79 Å². The van der Waals surface area contributed by atoms with Crippen molar-refractivity contribution in [1.29, 1.82) is 0 Å². The van der Waals surface area contributed by atoms with Crippen molar-refractivity contribution in [2.24, 2.45) is 0 Å². The molecule has 0 amide bonds. The van der Waals surface area contributed by atoms with Gasteiger partial charge < -0.3 is 9.15 Å². The standard InChI is InChI=1S/C20H18FNO3S/c1-14(23)18-4-2-3-5-19(18)24-10-11-26-13-17-12-25-20(22-17)15-6-8-16(21)9-7-15/h2-9,12H,10-11,13H2,1H3. The molecule has 0 aliphatic carbocycles. The van der Waals surface area contributed by atoms with Gasteiger partial charge in [0, 0.05) is 17.1 Å². The van der Waals surface area contributed by atoms with Crippen molar-refractivity contribution in [3.63, 3.8) is 0 Å². The molecule has 134 valence electrons. The summed E-state index contributed by atoms with van der Waals surface area (Å²) in [5, 5.41) is 0. The van der Waals surface area contributed by atoms with E-state index >= 15 is 0 Å². The summed E-state index contributed by atoms with van der Waals surface area (Å²) in [6.45, 7) is 2.03. The Morgan fingerprint density at radius 2 is 1.96 bits per heavy atom. The van der Waals surface area contributed by atoms with Crippen LogP contribution >= 0.6 is 11.8 Å². The third kappa shape index (κ3) is 4.73. The van der Waals surface area contributed by atoms with Crippen molar-refractivity contribution in [2.45, 2.75) is 12.7 Å². The van der Waals surface area contributed by atoms with Gasteiger partial charge in [0.1, 0.15) is 17.8 Å². The molecule has 0 unspecified atom stereocenters. The fourth-order valence-electron chi connectivity index (χ4n) is 2.37. The fraction of sp³-hybridized carbons (Fsp3) is 0.200. The van der Waals surface area contributed by atoms with Gasteiger partial charge >= 0.3 is 0 Å². The molecule has 3 rings (SSSR count). The summed E-state index contributed by atoms with van der Waals surface area (Å²) in [5.74, 6) is 2.23.